The molecule has 0 atom stereocenters. The topological polar surface area (TPSA) is 99.4 Å². The third kappa shape index (κ3) is 4.20. The average molecular weight is 286 g/mol. The smallest absolute Gasteiger partial charge is 0.356 e. The first-order valence-corrected chi connectivity index (χ1v) is 7.40. The van der Waals surface area contributed by atoms with Gasteiger partial charge < -0.3 is 10.5 Å². The van der Waals surface area contributed by atoms with Gasteiger partial charge in [0, 0.05) is 0 Å². The fraction of sp³-hybridized carbons (Fsp3) is 0.500. The number of nitrogen functional groups attached to an aromatic ring is 1. The van der Waals surface area contributed by atoms with Gasteiger partial charge >= 0.3 is 5.97 Å². The maximum absolute atomic E-state index is 11.8. The molecule has 0 aliphatic rings. The standard InChI is InChI=1S/C12H18N2O4S/c1-12(2,3)19(16,17)7-6-18-11(15)10-5-4-9(13)8-14-10/h4-5,8H,6-7,13H2,1-3H3. The molecule has 2 N–H and O–H groups in total. The highest BCUT2D eigenvalue weighted by molar-refractivity contribution is 7.92. The number of carbonyl (C=O) groups excluding carboxylic acids is 1. The van der Waals surface area contributed by atoms with Crippen molar-refractivity contribution < 1.29 is 17.9 Å². The first-order chi connectivity index (χ1) is 8.63. The number of hydrogen-bond acceptors (Lipinski definition) is 6. The van der Waals surface area contributed by atoms with Crippen molar-refractivity contribution >= 4 is 21.5 Å². The molecule has 19 heavy (non-hydrogen) atoms. The Kier molecular flexibility index (Phi) is 4.52. The molecular weight excluding hydrogens is 268 g/mol. The van der Waals surface area contributed by atoms with Gasteiger partial charge in [-0.1, -0.05) is 0 Å². The maximum atomic E-state index is 11.8. The first kappa shape index (κ1) is 15.4. The van der Waals surface area contributed by atoms with Crippen molar-refractivity contribution in [3.8, 4) is 0 Å². The number of aromatic nitrogens is 1. The molecule has 0 amide bonds. The van der Waals surface area contributed by atoms with Crippen LogP contribution in [0.5, 0.6) is 0 Å². The first-order valence-electron chi connectivity index (χ1n) is 5.74. The van der Waals surface area contributed by atoms with Crippen molar-refractivity contribution in [2.24, 2.45) is 0 Å². The minimum atomic E-state index is -3.30. The fourth-order valence-corrected chi connectivity index (χ4v) is 2.07. The van der Waals surface area contributed by atoms with Crippen LogP contribution in [-0.4, -0.2) is 36.5 Å². The van der Waals surface area contributed by atoms with Crippen LogP contribution in [0.2, 0.25) is 0 Å². The van der Waals surface area contributed by atoms with Gasteiger partial charge in [0.25, 0.3) is 0 Å². The molecule has 0 aliphatic carbocycles. The van der Waals surface area contributed by atoms with E-state index < -0.39 is 20.6 Å². The Hall–Kier alpha value is -1.63. The lowest BCUT2D eigenvalue weighted by molar-refractivity contribution is 0.0522. The predicted octanol–water partition coefficient (Wildman–Crippen LogP) is 1.03. The van der Waals surface area contributed by atoms with Crippen molar-refractivity contribution in [3.63, 3.8) is 0 Å². The molecule has 1 heterocycles. The lowest BCUT2D eigenvalue weighted by atomic mass is 10.3. The molecule has 1 aromatic heterocycles. The quantitative estimate of drug-likeness (QED) is 0.830. The lowest BCUT2D eigenvalue weighted by Crippen LogP contribution is -2.32. The molecular formula is C12H18N2O4S. The number of esters is 1. The van der Waals surface area contributed by atoms with Crippen LogP contribution in [0, 0.1) is 0 Å². The predicted molar refractivity (Wildman–Crippen MR) is 72.5 cm³/mol. The third-order valence-corrected chi connectivity index (χ3v) is 5.08. The summed E-state index contributed by atoms with van der Waals surface area (Å²) in [6.07, 6.45) is 1.34. The van der Waals surface area contributed by atoms with Crippen LogP contribution in [0.15, 0.2) is 18.3 Å². The second-order valence-electron chi connectivity index (χ2n) is 5.04. The summed E-state index contributed by atoms with van der Waals surface area (Å²) in [5.41, 5.74) is 5.97. The number of pyridine rings is 1. The SMILES string of the molecule is CC(C)(C)S(=O)(=O)CCOC(=O)c1ccc(N)cn1. The zero-order valence-electron chi connectivity index (χ0n) is 11.2. The van der Waals surface area contributed by atoms with Gasteiger partial charge in [0.05, 0.1) is 22.4 Å². The van der Waals surface area contributed by atoms with Crippen LogP contribution in [0.25, 0.3) is 0 Å². The van der Waals surface area contributed by atoms with Crippen LogP contribution in [0.3, 0.4) is 0 Å². The summed E-state index contributed by atoms with van der Waals surface area (Å²) in [7, 11) is -3.30. The van der Waals surface area contributed by atoms with E-state index in [2.05, 4.69) is 4.98 Å². The van der Waals surface area contributed by atoms with Gasteiger partial charge in [-0.15, -0.1) is 0 Å². The van der Waals surface area contributed by atoms with E-state index in [1.165, 1.54) is 18.3 Å². The van der Waals surface area contributed by atoms with E-state index >= 15 is 0 Å². The Morgan fingerprint density at radius 2 is 2.00 bits per heavy atom. The Morgan fingerprint density at radius 1 is 1.37 bits per heavy atom. The molecule has 6 nitrogen and oxygen atoms in total. The number of nitrogens with two attached hydrogens (primary N) is 1. The Balaban J connectivity index is 2.55. The molecule has 0 bridgehead atoms. The molecule has 0 aliphatic heterocycles. The molecule has 0 fully saturated rings. The molecule has 0 saturated heterocycles. The minimum absolute atomic E-state index is 0.0994. The molecule has 106 valence electrons. The van der Waals surface area contributed by atoms with E-state index in [4.69, 9.17) is 10.5 Å². The molecule has 0 spiro atoms. The van der Waals surface area contributed by atoms with E-state index in [1.54, 1.807) is 20.8 Å². The monoisotopic (exact) mass is 286 g/mol. The van der Waals surface area contributed by atoms with Gasteiger partial charge in [-0.2, -0.15) is 0 Å². The zero-order chi connectivity index (χ0) is 14.7. The van der Waals surface area contributed by atoms with E-state index in [0.29, 0.717) is 5.69 Å². The van der Waals surface area contributed by atoms with Crippen LogP contribution in [0.1, 0.15) is 31.3 Å². The molecule has 1 aromatic rings. The Labute approximate surface area is 112 Å². The van der Waals surface area contributed by atoms with E-state index in [0.717, 1.165) is 0 Å². The largest absolute Gasteiger partial charge is 0.460 e. The summed E-state index contributed by atoms with van der Waals surface area (Å²) in [5, 5.41) is 0. The lowest BCUT2D eigenvalue weighted by Gasteiger charge is -2.18. The van der Waals surface area contributed by atoms with Crippen LogP contribution in [0.4, 0.5) is 5.69 Å². The van der Waals surface area contributed by atoms with Gasteiger partial charge in [-0.05, 0) is 32.9 Å². The number of rotatable bonds is 4. The second-order valence-corrected chi connectivity index (χ2v) is 7.91. The second kappa shape index (κ2) is 5.56. The number of carbonyl (C=O) groups is 1. The van der Waals surface area contributed by atoms with E-state index in [9.17, 15) is 13.2 Å². The minimum Gasteiger partial charge on any atom is -0.460 e. The van der Waals surface area contributed by atoms with E-state index in [1.807, 2.05) is 0 Å². The molecule has 7 heteroatoms. The van der Waals surface area contributed by atoms with Crippen LogP contribution in [-0.2, 0) is 14.6 Å². The highest BCUT2D eigenvalue weighted by Crippen LogP contribution is 2.15. The van der Waals surface area contributed by atoms with Crippen molar-refractivity contribution in [1.29, 1.82) is 0 Å². The Morgan fingerprint density at radius 3 is 2.47 bits per heavy atom. The molecule has 1 rings (SSSR count). The average Bonchev–Trinajstić information content (AvgIpc) is 2.28. The summed E-state index contributed by atoms with van der Waals surface area (Å²) in [4.78, 5) is 15.4. The van der Waals surface area contributed by atoms with Crippen molar-refractivity contribution in [3.05, 3.63) is 24.0 Å². The van der Waals surface area contributed by atoms with Gasteiger partial charge in [0.15, 0.2) is 9.84 Å². The molecule has 0 unspecified atom stereocenters. The van der Waals surface area contributed by atoms with Crippen molar-refractivity contribution in [1.82, 2.24) is 4.98 Å². The highest BCUT2D eigenvalue weighted by atomic mass is 32.2. The van der Waals surface area contributed by atoms with Crippen molar-refractivity contribution in [2.75, 3.05) is 18.1 Å². The summed E-state index contributed by atoms with van der Waals surface area (Å²) in [6, 6.07) is 2.95. The Bertz CT molecular complexity index is 544. The number of sulfone groups is 1. The summed E-state index contributed by atoms with van der Waals surface area (Å²) in [5.74, 6) is -0.874. The molecule has 0 saturated carbocycles. The van der Waals surface area contributed by atoms with Gasteiger partial charge in [0.1, 0.15) is 12.3 Å². The van der Waals surface area contributed by atoms with Crippen molar-refractivity contribution in [2.45, 2.75) is 25.5 Å². The fourth-order valence-electron chi connectivity index (χ4n) is 1.15. The zero-order valence-corrected chi connectivity index (χ0v) is 12.0. The number of nitrogens with zero attached hydrogens (tertiary/aromatic N) is 1. The van der Waals surface area contributed by atoms with E-state index in [-0.39, 0.29) is 18.1 Å². The molecule has 0 aromatic carbocycles. The van der Waals surface area contributed by atoms with Crippen LogP contribution < -0.4 is 5.73 Å². The number of hydrogen-bond donors (Lipinski definition) is 1. The van der Waals surface area contributed by atoms with Gasteiger partial charge in [-0.3, -0.25) is 0 Å². The maximum Gasteiger partial charge on any atom is 0.356 e. The summed E-state index contributed by atoms with van der Waals surface area (Å²) in [6.45, 7) is 4.62. The number of anilines is 1. The van der Waals surface area contributed by atoms with Gasteiger partial charge in [0.2, 0.25) is 0 Å². The molecule has 0 radical (unpaired) electrons. The number of ether oxygens (including phenoxy) is 1. The van der Waals surface area contributed by atoms with Crippen LogP contribution >= 0.6 is 0 Å². The third-order valence-electron chi connectivity index (χ3n) is 2.51. The summed E-state index contributed by atoms with van der Waals surface area (Å²) >= 11 is 0. The highest BCUT2D eigenvalue weighted by Gasteiger charge is 2.28. The summed E-state index contributed by atoms with van der Waals surface area (Å²) < 4.78 is 27.6. The normalized spacial score (nSPS) is 12.2. The van der Waals surface area contributed by atoms with Gasteiger partial charge in [-0.25, -0.2) is 18.2 Å².